The molecule has 0 aliphatic carbocycles. The normalized spacial score (nSPS) is 18.2. The van der Waals surface area contributed by atoms with E-state index >= 15 is 0 Å². The summed E-state index contributed by atoms with van der Waals surface area (Å²) in [6.07, 6.45) is 1.61. The first-order chi connectivity index (χ1) is 8.08. The lowest BCUT2D eigenvalue weighted by molar-refractivity contribution is 0.426. The van der Waals surface area contributed by atoms with E-state index < -0.39 is 10.0 Å². The maximum Gasteiger partial charge on any atom is 0.260 e. The molecule has 1 aromatic rings. The quantitative estimate of drug-likeness (QED) is 0.783. The summed E-state index contributed by atoms with van der Waals surface area (Å²) >= 11 is 0. The SMILES string of the molecule is Cc1ccc(S(=O)(=O)NC2CCNCC2)nn1. The molecule has 0 atom stereocenters. The highest BCUT2D eigenvalue weighted by atomic mass is 32.2. The number of sulfonamides is 1. The molecule has 94 valence electrons. The minimum atomic E-state index is -3.53. The average Bonchev–Trinajstić information content (AvgIpc) is 2.30. The van der Waals surface area contributed by atoms with Crippen molar-refractivity contribution in [3.8, 4) is 0 Å². The number of nitrogens with one attached hydrogen (secondary N) is 2. The van der Waals surface area contributed by atoms with Gasteiger partial charge in [-0.3, -0.25) is 0 Å². The Morgan fingerprint density at radius 3 is 2.59 bits per heavy atom. The lowest BCUT2D eigenvalue weighted by atomic mass is 10.1. The lowest BCUT2D eigenvalue weighted by Crippen LogP contribution is -2.42. The van der Waals surface area contributed by atoms with E-state index in [0.717, 1.165) is 25.9 Å². The van der Waals surface area contributed by atoms with Crippen molar-refractivity contribution in [3.63, 3.8) is 0 Å². The van der Waals surface area contributed by atoms with Crippen LogP contribution in [0.5, 0.6) is 0 Å². The second-order valence-corrected chi connectivity index (χ2v) is 5.82. The molecular weight excluding hydrogens is 240 g/mol. The summed E-state index contributed by atoms with van der Waals surface area (Å²) in [5.41, 5.74) is 0.700. The van der Waals surface area contributed by atoms with Gasteiger partial charge in [0.1, 0.15) is 0 Å². The Morgan fingerprint density at radius 1 is 1.29 bits per heavy atom. The number of nitrogens with zero attached hydrogens (tertiary/aromatic N) is 2. The molecule has 0 saturated carbocycles. The molecular formula is C10H16N4O2S. The molecule has 1 aliphatic heterocycles. The van der Waals surface area contributed by atoms with Gasteiger partial charge >= 0.3 is 0 Å². The van der Waals surface area contributed by atoms with E-state index in [-0.39, 0.29) is 11.1 Å². The summed E-state index contributed by atoms with van der Waals surface area (Å²) in [6, 6.07) is 3.11. The standard InChI is InChI=1S/C10H16N4O2S/c1-8-2-3-10(13-12-8)17(15,16)14-9-4-6-11-7-5-9/h2-3,9,11,14H,4-7H2,1H3. The zero-order chi connectivity index (χ0) is 12.3. The molecule has 1 fully saturated rings. The molecule has 2 heterocycles. The Kier molecular flexibility index (Phi) is 3.70. The summed E-state index contributed by atoms with van der Waals surface area (Å²) in [7, 11) is -3.53. The minimum Gasteiger partial charge on any atom is -0.317 e. The highest BCUT2D eigenvalue weighted by molar-refractivity contribution is 7.89. The molecule has 6 nitrogen and oxygen atoms in total. The van der Waals surface area contributed by atoms with Crippen LogP contribution in [0.4, 0.5) is 0 Å². The molecule has 2 N–H and O–H groups in total. The second-order valence-electron chi connectivity index (χ2n) is 4.16. The van der Waals surface area contributed by atoms with E-state index in [1.54, 1.807) is 13.0 Å². The molecule has 0 radical (unpaired) electrons. The largest absolute Gasteiger partial charge is 0.317 e. The Balaban J connectivity index is 2.10. The molecule has 1 aromatic heterocycles. The summed E-state index contributed by atoms with van der Waals surface area (Å²) in [5.74, 6) is 0. The molecule has 1 aliphatic rings. The van der Waals surface area contributed by atoms with Gasteiger partial charge in [-0.25, -0.2) is 13.1 Å². The lowest BCUT2D eigenvalue weighted by Gasteiger charge is -2.23. The predicted molar refractivity (Wildman–Crippen MR) is 63.0 cm³/mol. The molecule has 0 aromatic carbocycles. The Hall–Kier alpha value is -1.05. The number of hydrogen-bond donors (Lipinski definition) is 2. The van der Waals surface area contributed by atoms with Gasteiger partial charge in [-0.15, -0.1) is 5.10 Å². The first kappa shape index (κ1) is 12.4. The van der Waals surface area contributed by atoms with Crippen molar-refractivity contribution in [1.82, 2.24) is 20.2 Å². The molecule has 0 unspecified atom stereocenters. The minimum absolute atomic E-state index is 0.00986. The van der Waals surface area contributed by atoms with Gasteiger partial charge in [0.15, 0.2) is 5.03 Å². The van der Waals surface area contributed by atoms with Gasteiger partial charge in [0.25, 0.3) is 10.0 Å². The Bertz CT molecular complexity index is 466. The molecule has 7 heteroatoms. The van der Waals surface area contributed by atoms with Gasteiger partial charge in [-0.05, 0) is 45.0 Å². The van der Waals surface area contributed by atoms with E-state index in [2.05, 4.69) is 20.2 Å². The molecule has 1 saturated heterocycles. The Labute approximate surface area is 101 Å². The number of piperidine rings is 1. The van der Waals surface area contributed by atoms with Crippen molar-refractivity contribution in [1.29, 1.82) is 0 Å². The maximum atomic E-state index is 12.0. The van der Waals surface area contributed by atoms with Crippen molar-refractivity contribution < 1.29 is 8.42 Å². The molecule has 0 spiro atoms. The summed E-state index contributed by atoms with van der Waals surface area (Å²) in [4.78, 5) is 0. The van der Waals surface area contributed by atoms with Crippen LogP contribution < -0.4 is 10.0 Å². The van der Waals surface area contributed by atoms with Crippen LogP contribution in [0, 0.1) is 6.92 Å². The fourth-order valence-corrected chi connectivity index (χ4v) is 2.94. The topological polar surface area (TPSA) is 84.0 Å². The van der Waals surface area contributed by atoms with Crippen LogP contribution in [-0.2, 0) is 10.0 Å². The smallest absolute Gasteiger partial charge is 0.260 e. The van der Waals surface area contributed by atoms with Crippen LogP contribution in [0.1, 0.15) is 18.5 Å². The van der Waals surface area contributed by atoms with E-state index in [0.29, 0.717) is 5.69 Å². The molecule has 0 bridgehead atoms. The van der Waals surface area contributed by atoms with E-state index in [4.69, 9.17) is 0 Å². The number of hydrogen-bond acceptors (Lipinski definition) is 5. The second kappa shape index (κ2) is 5.07. The van der Waals surface area contributed by atoms with Gasteiger partial charge in [-0.1, -0.05) is 0 Å². The van der Waals surface area contributed by atoms with E-state index in [9.17, 15) is 8.42 Å². The van der Waals surface area contributed by atoms with Gasteiger partial charge in [0.05, 0.1) is 5.69 Å². The van der Waals surface area contributed by atoms with Crippen LogP contribution in [0.2, 0.25) is 0 Å². The zero-order valence-electron chi connectivity index (χ0n) is 9.68. The highest BCUT2D eigenvalue weighted by Gasteiger charge is 2.22. The van der Waals surface area contributed by atoms with Crippen molar-refractivity contribution >= 4 is 10.0 Å². The third kappa shape index (κ3) is 3.21. The fraction of sp³-hybridized carbons (Fsp3) is 0.600. The van der Waals surface area contributed by atoms with E-state index in [1.807, 2.05) is 0 Å². The van der Waals surface area contributed by atoms with Crippen LogP contribution in [-0.4, -0.2) is 37.7 Å². The average molecular weight is 256 g/mol. The fourth-order valence-electron chi connectivity index (χ4n) is 1.75. The maximum absolute atomic E-state index is 12.0. The summed E-state index contributed by atoms with van der Waals surface area (Å²) < 4.78 is 26.6. The van der Waals surface area contributed by atoms with Gasteiger partial charge in [0.2, 0.25) is 0 Å². The monoisotopic (exact) mass is 256 g/mol. The third-order valence-electron chi connectivity index (χ3n) is 2.71. The van der Waals surface area contributed by atoms with Crippen LogP contribution >= 0.6 is 0 Å². The van der Waals surface area contributed by atoms with Crippen molar-refractivity contribution in [2.45, 2.75) is 30.8 Å². The van der Waals surface area contributed by atoms with Gasteiger partial charge in [0, 0.05) is 6.04 Å². The molecule has 0 amide bonds. The van der Waals surface area contributed by atoms with Crippen LogP contribution in [0.15, 0.2) is 17.2 Å². The third-order valence-corrected chi connectivity index (χ3v) is 4.12. The Morgan fingerprint density at radius 2 is 2.00 bits per heavy atom. The predicted octanol–water partition coefficient (Wildman–Crippen LogP) is -0.185. The van der Waals surface area contributed by atoms with Gasteiger partial charge < -0.3 is 5.32 Å². The summed E-state index contributed by atoms with van der Waals surface area (Å²) in [5, 5.41) is 10.6. The van der Waals surface area contributed by atoms with E-state index in [1.165, 1.54) is 6.07 Å². The van der Waals surface area contributed by atoms with Crippen LogP contribution in [0.3, 0.4) is 0 Å². The number of aromatic nitrogens is 2. The first-order valence-corrected chi connectivity index (χ1v) is 7.09. The molecule has 2 rings (SSSR count). The van der Waals surface area contributed by atoms with Gasteiger partial charge in [-0.2, -0.15) is 5.10 Å². The zero-order valence-corrected chi connectivity index (χ0v) is 10.5. The van der Waals surface area contributed by atoms with Crippen molar-refractivity contribution in [3.05, 3.63) is 17.8 Å². The van der Waals surface area contributed by atoms with Crippen molar-refractivity contribution in [2.75, 3.05) is 13.1 Å². The molecule has 17 heavy (non-hydrogen) atoms. The summed E-state index contributed by atoms with van der Waals surface area (Å²) in [6.45, 7) is 3.45. The van der Waals surface area contributed by atoms with Crippen molar-refractivity contribution in [2.24, 2.45) is 0 Å². The first-order valence-electron chi connectivity index (χ1n) is 5.61. The number of aryl methyl sites for hydroxylation is 1. The van der Waals surface area contributed by atoms with Crippen LogP contribution in [0.25, 0.3) is 0 Å². The number of rotatable bonds is 3. The highest BCUT2D eigenvalue weighted by Crippen LogP contribution is 2.09.